The van der Waals surface area contributed by atoms with Crippen LogP contribution < -0.4 is 5.32 Å². The average Bonchev–Trinajstić information content (AvgIpc) is 2.95. The quantitative estimate of drug-likeness (QED) is 0.805. The summed E-state index contributed by atoms with van der Waals surface area (Å²) in [6.07, 6.45) is 2.34. The number of hydrogen-bond donors (Lipinski definition) is 1. The fraction of sp³-hybridized carbons (Fsp3) is 0.429. The van der Waals surface area contributed by atoms with E-state index in [2.05, 4.69) is 10.2 Å². The van der Waals surface area contributed by atoms with E-state index < -0.39 is 0 Å². The minimum absolute atomic E-state index is 0.120. The molecule has 114 valence electrons. The van der Waals surface area contributed by atoms with Crippen molar-refractivity contribution in [3.8, 4) is 0 Å². The maximum absolute atomic E-state index is 12.2. The number of amides is 1. The summed E-state index contributed by atoms with van der Waals surface area (Å²) < 4.78 is 0.789. The van der Waals surface area contributed by atoms with Crippen molar-refractivity contribution in [1.82, 2.24) is 4.90 Å². The fourth-order valence-corrected chi connectivity index (χ4v) is 3.88. The van der Waals surface area contributed by atoms with E-state index in [-0.39, 0.29) is 11.2 Å². The molecule has 2 rings (SSSR count). The summed E-state index contributed by atoms with van der Waals surface area (Å²) in [5.41, 5.74) is 0.561. The maximum Gasteiger partial charge on any atom is 0.237 e. The van der Waals surface area contributed by atoms with Crippen LogP contribution in [-0.4, -0.2) is 33.5 Å². The van der Waals surface area contributed by atoms with Gasteiger partial charge in [-0.15, -0.1) is 0 Å². The number of halogens is 2. The second-order valence-corrected chi connectivity index (χ2v) is 7.65. The molecule has 3 nitrogen and oxygen atoms in total. The molecule has 0 bridgehead atoms. The summed E-state index contributed by atoms with van der Waals surface area (Å²) in [6.45, 7) is 3.82. The first-order valence-corrected chi connectivity index (χ1v) is 8.73. The molecule has 1 fully saturated rings. The average molecular weight is 363 g/mol. The lowest BCUT2D eigenvalue weighted by molar-refractivity contribution is -0.115. The number of benzene rings is 1. The van der Waals surface area contributed by atoms with Gasteiger partial charge in [0.15, 0.2) is 0 Å². The molecule has 1 amide bonds. The van der Waals surface area contributed by atoms with Crippen molar-refractivity contribution in [2.45, 2.75) is 25.0 Å². The number of nitrogens with one attached hydrogen (secondary N) is 1. The van der Waals surface area contributed by atoms with Crippen LogP contribution in [0.2, 0.25) is 10.0 Å². The van der Waals surface area contributed by atoms with Crippen molar-refractivity contribution in [2.24, 2.45) is 0 Å². The number of rotatable bonds is 3. The topological polar surface area (TPSA) is 32.3 Å². The molecule has 1 saturated heterocycles. The first-order valence-electron chi connectivity index (χ1n) is 6.69. The van der Waals surface area contributed by atoms with Gasteiger partial charge in [0, 0.05) is 18.1 Å². The molecule has 1 heterocycles. The predicted octanol–water partition coefficient (Wildman–Crippen LogP) is 4.43. The van der Waals surface area contributed by atoms with Crippen LogP contribution in [0.5, 0.6) is 0 Å². The van der Waals surface area contributed by atoms with Crippen LogP contribution in [0.3, 0.4) is 0 Å². The summed E-state index contributed by atoms with van der Waals surface area (Å²) in [5, 5.41) is 3.50. The van der Waals surface area contributed by atoms with Crippen molar-refractivity contribution in [2.75, 3.05) is 18.4 Å². The Hall–Kier alpha value is -0.490. The summed E-state index contributed by atoms with van der Waals surface area (Å²) in [6, 6.07) is 4.99. The van der Waals surface area contributed by atoms with E-state index in [4.69, 9.17) is 35.4 Å². The van der Waals surface area contributed by atoms with E-state index in [0.717, 1.165) is 17.4 Å². The van der Waals surface area contributed by atoms with Crippen molar-refractivity contribution in [1.29, 1.82) is 0 Å². The summed E-state index contributed by atoms with van der Waals surface area (Å²) in [5.74, 6) is -0.120. The molecule has 0 spiro atoms. The highest BCUT2D eigenvalue weighted by atomic mass is 35.5. The second-order valence-electron chi connectivity index (χ2n) is 4.83. The van der Waals surface area contributed by atoms with Crippen LogP contribution in [0.4, 0.5) is 5.69 Å². The van der Waals surface area contributed by atoms with Gasteiger partial charge in [-0.2, -0.15) is 0 Å². The number of thioether (sulfide) groups is 1. The van der Waals surface area contributed by atoms with E-state index in [0.29, 0.717) is 15.7 Å². The van der Waals surface area contributed by atoms with E-state index in [1.165, 1.54) is 24.6 Å². The zero-order chi connectivity index (χ0) is 15.4. The lowest BCUT2D eigenvalue weighted by Crippen LogP contribution is -2.29. The Morgan fingerprint density at radius 3 is 2.67 bits per heavy atom. The standard InChI is InChI=1S/C14H16Cl2N2OS2/c1-9(21-14(20)18-6-2-3-7-18)13(19)17-12-5-4-10(15)8-11(12)16/h4-5,8-9H,2-3,6-7H2,1H3,(H,17,19). The van der Waals surface area contributed by atoms with Crippen molar-refractivity contribution in [3.63, 3.8) is 0 Å². The van der Waals surface area contributed by atoms with Gasteiger partial charge < -0.3 is 10.2 Å². The molecule has 1 aliphatic rings. The van der Waals surface area contributed by atoms with Crippen LogP contribution in [0.1, 0.15) is 19.8 Å². The van der Waals surface area contributed by atoms with Gasteiger partial charge in [0.25, 0.3) is 0 Å². The minimum atomic E-state index is -0.273. The lowest BCUT2D eigenvalue weighted by Gasteiger charge is -2.20. The van der Waals surface area contributed by atoms with Crippen LogP contribution in [0.15, 0.2) is 18.2 Å². The molecule has 1 atom stereocenters. The molecule has 1 aliphatic heterocycles. The van der Waals surface area contributed by atoms with Crippen LogP contribution >= 0.6 is 47.2 Å². The van der Waals surface area contributed by atoms with Gasteiger partial charge in [-0.05, 0) is 38.0 Å². The fourth-order valence-electron chi connectivity index (χ4n) is 2.00. The Morgan fingerprint density at radius 2 is 2.05 bits per heavy atom. The predicted molar refractivity (Wildman–Crippen MR) is 95.5 cm³/mol. The Balaban J connectivity index is 1.91. The smallest absolute Gasteiger partial charge is 0.237 e. The third-order valence-electron chi connectivity index (χ3n) is 3.20. The normalized spacial score (nSPS) is 15.9. The molecule has 0 aliphatic carbocycles. The number of thiocarbonyl (C=S) groups is 1. The third kappa shape index (κ3) is 4.74. The Kier molecular flexibility index (Phi) is 6.17. The van der Waals surface area contributed by atoms with Gasteiger partial charge in [0.05, 0.1) is 16.0 Å². The highest BCUT2D eigenvalue weighted by Gasteiger charge is 2.21. The number of hydrogen-bond acceptors (Lipinski definition) is 3. The Morgan fingerprint density at radius 1 is 1.38 bits per heavy atom. The molecule has 0 radical (unpaired) electrons. The summed E-state index contributed by atoms with van der Waals surface area (Å²) in [4.78, 5) is 14.4. The minimum Gasteiger partial charge on any atom is -0.358 e. The lowest BCUT2D eigenvalue weighted by atomic mass is 10.3. The van der Waals surface area contributed by atoms with Gasteiger partial charge in [-0.3, -0.25) is 4.79 Å². The zero-order valence-corrected chi connectivity index (χ0v) is 14.7. The number of carbonyl (C=O) groups excluding carboxylic acids is 1. The molecule has 7 heteroatoms. The number of anilines is 1. The van der Waals surface area contributed by atoms with Crippen LogP contribution in [0.25, 0.3) is 0 Å². The van der Waals surface area contributed by atoms with Crippen molar-refractivity contribution in [3.05, 3.63) is 28.2 Å². The van der Waals surface area contributed by atoms with Crippen molar-refractivity contribution >= 4 is 63.1 Å². The van der Waals surface area contributed by atoms with Crippen molar-refractivity contribution < 1.29 is 4.79 Å². The number of nitrogens with zero attached hydrogens (tertiary/aromatic N) is 1. The molecule has 0 saturated carbocycles. The van der Waals surface area contributed by atoms with Gasteiger partial charge in [-0.25, -0.2) is 0 Å². The number of carbonyl (C=O) groups is 1. The first-order chi connectivity index (χ1) is 9.97. The second kappa shape index (κ2) is 7.68. The Labute approximate surface area is 144 Å². The third-order valence-corrected chi connectivity index (χ3v) is 5.32. The summed E-state index contributed by atoms with van der Waals surface area (Å²) in [7, 11) is 0. The maximum atomic E-state index is 12.2. The number of likely N-dealkylation sites (tertiary alicyclic amines) is 1. The molecule has 21 heavy (non-hydrogen) atoms. The van der Waals surface area contributed by atoms with E-state index >= 15 is 0 Å². The highest BCUT2D eigenvalue weighted by Crippen LogP contribution is 2.27. The Bertz CT molecular complexity index is 548. The summed E-state index contributed by atoms with van der Waals surface area (Å²) >= 11 is 18.7. The molecule has 1 N–H and O–H groups in total. The van der Waals surface area contributed by atoms with Gasteiger partial charge in [0.2, 0.25) is 5.91 Å². The zero-order valence-electron chi connectivity index (χ0n) is 11.6. The molecule has 0 aromatic heterocycles. The van der Waals surface area contributed by atoms with Gasteiger partial charge >= 0.3 is 0 Å². The molecule has 1 unspecified atom stereocenters. The van der Waals surface area contributed by atoms with Gasteiger partial charge in [0.1, 0.15) is 4.32 Å². The van der Waals surface area contributed by atoms with E-state index in [9.17, 15) is 4.79 Å². The van der Waals surface area contributed by atoms with Crippen LogP contribution in [-0.2, 0) is 4.79 Å². The highest BCUT2D eigenvalue weighted by molar-refractivity contribution is 8.23. The first kappa shape index (κ1) is 16.9. The largest absolute Gasteiger partial charge is 0.358 e. The molecular formula is C14H16Cl2N2OS2. The molecule has 1 aromatic carbocycles. The van der Waals surface area contributed by atoms with Gasteiger partial charge in [-0.1, -0.05) is 47.2 Å². The monoisotopic (exact) mass is 362 g/mol. The van der Waals surface area contributed by atoms with Crippen LogP contribution in [0, 0.1) is 0 Å². The van der Waals surface area contributed by atoms with E-state index in [1.54, 1.807) is 18.2 Å². The molecule has 1 aromatic rings. The van der Waals surface area contributed by atoms with E-state index in [1.807, 2.05) is 6.92 Å². The molecular weight excluding hydrogens is 347 g/mol. The SMILES string of the molecule is CC(SC(=S)N1CCCC1)C(=O)Nc1ccc(Cl)cc1Cl.